The van der Waals surface area contributed by atoms with E-state index in [1.54, 1.807) is 19.5 Å². The topological polar surface area (TPSA) is 74.4 Å². The van der Waals surface area contributed by atoms with E-state index in [4.69, 9.17) is 10.5 Å². The van der Waals surface area contributed by atoms with Crippen molar-refractivity contribution >= 4 is 5.97 Å². The largest absolute Gasteiger partial charge is 0.496 e. The van der Waals surface area contributed by atoms with Crippen molar-refractivity contribution < 1.29 is 14.3 Å². The third-order valence-electron chi connectivity index (χ3n) is 3.54. The van der Waals surface area contributed by atoms with Gasteiger partial charge >= 0.3 is 5.97 Å². The zero-order chi connectivity index (χ0) is 16.1. The van der Waals surface area contributed by atoms with Crippen LogP contribution in [-0.4, -0.2) is 25.2 Å². The summed E-state index contributed by atoms with van der Waals surface area (Å²) in [6.07, 6.45) is 3.55. The Bertz CT molecular complexity index is 671. The fourth-order valence-electron chi connectivity index (χ4n) is 2.36. The van der Waals surface area contributed by atoms with Crippen molar-refractivity contribution in [2.75, 3.05) is 14.2 Å². The highest BCUT2D eigenvalue weighted by Crippen LogP contribution is 2.33. The number of hydrogen-bond acceptors (Lipinski definition) is 5. The van der Waals surface area contributed by atoms with Gasteiger partial charge in [0.1, 0.15) is 5.75 Å². The third-order valence-corrected chi connectivity index (χ3v) is 3.54. The monoisotopic (exact) mass is 300 g/mol. The molecule has 0 bridgehead atoms. The maximum absolute atomic E-state index is 11.4. The second kappa shape index (κ2) is 7.04. The standard InChI is InChI=1S/C17H20N2O3/c1-11-5-4-6-15(21-2)17(11)13-7-12(9-19-10-13)14(18)8-16(20)22-3/h4-7,9-10,14H,8,18H2,1-3H3/t14-/m0/s1. The molecule has 0 radical (unpaired) electrons. The lowest BCUT2D eigenvalue weighted by molar-refractivity contribution is -0.141. The minimum absolute atomic E-state index is 0.118. The van der Waals surface area contributed by atoms with E-state index in [2.05, 4.69) is 9.72 Å². The van der Waals surface area contributed by atoms with Crippen LogP contribution in [0.3, 0.4) is 0 Å². The molecular formula is C17H20N2O3. The Kier molecular flexibility index (Phi) is 5.12. The molecule has 0 aliphatic rings. The smallest absolute Gasteiger partial charge is 0.307 e. The SMILES string of the molecule is COC(=O)C[C@H](N)c1cncc(-c2c(C)cccc2OC)c1. The van der Waals surface area contributed by atoms with Crippen LogP contribution in [0.4, 0.5) is 0 Å². The second-order valence-electron chi connectivity index (χ2n) is 5.05. The number of ether oxygens (including phenoxy) is 2. The molecule has 0 amide bonds. The number of aromatic nitrogens is 1. The molecule has 5 nitrogen and oxygen atoms in total. The second-order valence-corrected chi connectivity index (χ2v) is 5.05. The summed E-state index contributed by atoms with van der Waals surface area (Å²) in [5.74, 6) is 0.437. The van der Waals surface area contributed by atoms with Crippen LogP contribution in [0.1, 0.15) is 23.6 Å². The Hall–Kier alpha value is -2.40. The summed E-state index contributed by atoms with van der Waals surface area (Å²) in [6.45, 7) is 2.01. The fraction of sp³-hybridized carbons (Fsp3) is 0.294. The first kappa shape index (κ1) is 16.0. The summed E-state index contributed by atoms with van der Waals surface area (Å²) in [5, 5.41) is 0. The van der Waals surface area contributed by atoms with E-state index in [9.17, 15) is 4.79 Å². The molecule has 0 aliphatic carbocycles. The van der Waals surface area contributed by atoms with E-state index < -0.39 is 6.04 Å². The lowest BCUT2D eigenvalue weighted by Gasteiger charge is -2.14. The van der Waals surface area contributed by atoms with Gasteiger partial charge in [0.05, 0.1) is 20.6 Å². The minimum Gasteiger partial charge on any atom is -0.496 e. The van der Waals surface area contributed by atoms with Gasteiger partial charge in [0.15, 0.2) is 0 Å². The first-order valence-corrected chi connectivity index (χ1v) is 6.98. The van der Waals surface area contributed by atoms with Crippen molar-refractivity contribution in [1.82, 2.24) is 4.98 Å². The molecule has 0 saturated heterocycles. The number of nitrogens with two attached hydrogens (primary N) is 1. The average molecular weight is 300 g/mol. The molecule has 0 unspecified atom stereocenters. The van der Waals surface area contributed by atoms with Crippen LogP contribution < -0.4 is 10.5 Å². The number of benzene rings is 1. The summed E-state index contributed by atoms with van der Waals surface area (Å²) in [6, 6.07) is 7.35. The zero-order valence-electron chi connectivity index (χ0n) is 13.0. The van der Waals surface area contributed by atoms with E-state index in [1.165, 1.54) is 7.11 Å². The van der Waals surface area contributed by atoms with E-state index in [0.29, 0.717) is 0 Å². The average Bonchev–Trinajstić information content (AvgIpc) is 2.54. The number of nitrogens with zero attached hydrogens (tertiary/aromatic N) is 1. The Labute approximate surface area is 130 Å². The van der Waals surface area contributed by atoms with Crippen molar-refractivity contribution in [3.8, 4) is 16.9 Å². The number of methoxy groups -OCH3 is 2. The predicted molar refractivity (Wildman–Crippen MR) is 84.5 cm³/mol. The van der Waals surface area contributed by atoms with Crippen LogP contribution in [0.5, 0.6) is 5.75 Å². The van der Waals surface area contributed by atoms with E-state index in [0.717, 1.165) is 28.0 Å². The zero-order valence-corrected chi connectivity index (χ0v) is 13.0. The number of carbonyl (C=O) groups is 1. The van der Waals surface area contributed by atoms with Gasteiger partial charge in [-0.3, -0.25) is 9.78 Å². The van der Waals surface area contributed by atoms with Gasteiger partial charge in [0.2, 0.25) is 0 Å². The quantitative estimate of drug-likeness (QED) is 0.859. The molecule has 0 fully saturated rings. The molecule has 0 spiro atoms. The minimum atomic E-state index is -0.449. The molecule has 5 heteroatoms. The number of esters is 1. The van der Waals surface area contributed by atoms with E-state index in [1.807, 2.05) is 31.2 Å². The molecule has 1 atom stereocenters. The summed E-state index contributed by atoms with van der Waals surface area (Å²) < 4.78 is 10.1. The molecular weight excluding hydrogens is 280 g/mol. The lowest BCUT2D eigenvalue weighted by atomic mass is 9.97. The van der Waals surface area contributed by atoms with Crippen LogP contribution in [0, 0.1) is 6.92 Å². The molecule has 2 rings (SSSR count). The van der Waals surface area contributed by atoms with Gasteiger partial charge < -0.3 is 15.2 Å². The maximum Gasteiger partial charge on any atom is 0.307 e. The highest BCUT2D eigenvalue weighted by Gasteiger charge is 2.15. The van der Waals surface area contributed by atoms with E-state index in [-0.39, 0.29) is 12.4 Å². The van der Waals surface area contributed by atoms with Gasteiger partial charge in [-0.1, -0.05) is 12.1 Å². The molecule has 1 aromatic carbocycles. The Morgan fingerprint density at radius 1 is 1.32 bits per heavy atom. The summed E-state index contributed by atoms with van der Waals surface area (Å²) in [5.41, 5.74) is 9.81. The Balaban J connectivity index is 2.39. The first-order valence-electron chi connectivity index (χ1n) is 6.98. The fourth-order valence-corrected chi connectivity index (χ4v) is 2.36. The van der Waals surface area contributed by atoms with Gasteiger partial charge in [-0.2, -0.15) is 0 Å². The van der Waals surface area contributed by atoms with Crippen LogP contribution in [0.25, 0.3) is 11.1 Å². The van der Waals surface area contributed by atoms with Crippen molar-refractivity contribution in [3.05, 3.63) is 47.8 Å². The number of hydrogen-bond donors (Lipinski definition) is 1. The normalized spacial score (nSPS) is 11.8. The summed E-state index contributed by atoms with van der Waals surface area (Å²) in [7, 11) is 2.99. The molecule has 0 aliphatic heterocycles. The lowest BCUT2D eigenvalue weighted by Crippen LogP contribution is -2.16. The van der Waals surface area contributed by atoms with Gasteiger partial charge in [-0.05, 0) is 30.2 Å². The van der Waals surface area contributed by atoms with Gasteiger partial charge in [-0.15, -0.1) is 0 Å². The highest BCUT2D eigenvalue weighted by molar-refractivity contribution is 5.74. The molecule has 2 N–H and O–H groups in total. The Morgan fingerprint density at radius 3 is 2.77 bits per heavy atom. The molecule has 22 heavy (non-hydrogen) atoms. The molecule has 116 valence electrons. The predicted octanol–water partition coefficient (Wildman–Crippen LogP) is 2.63. The number of pyridine rings is 1. The number of rotatable bonds is 5. The molecule has 2 aromatic rings. The van der Waals surface area contributed by atoms with Crippen molar-refractivity contribution in [1.29, 1.82) is 0 Å². The van der Waals surface area contributed by atoms with Gasteiger partial charge in [-0.25, -0.2) is 0 Å². The van der Waals surface area contributed by atoms with Crippen molar-refractivity contribution in [2.24, 2.45) is 5.73 Å². The van der Waals surface area contributed by atoms with Gasteiger partial charge in [0, 0.05) is 29.6 Å². The first-order chi connectivity index (χ1) is 10.6. The van der Waals surface area contributed by atoms with Crippen molar-refractivity contribution in [3.63, 3.8) is 0 Å². The number of aryl methyl sites for hydroxylation is 1. The third kappa shape index (κ3) is 3.43. The van der Waals surface area contributed by atoms with Crippen molar-refractivity contribution in [2.45, 2.75) is 19.4 Å². The van der Waals surface area contributed by atoms with Gasteiger partial charge in [0.25, 0.3) is 0 Å². The summed E-state index contributed by atoms with van der Waals surface area (Å²) in [4.78, 5) is 15.6. The molecule has 1 heterocycles. The van der Waals surface area contributed by atoms with Crippen LogP contribution in [0.2, 0.25) is 0 Å². The Morgan fingerprint density at radius 2 is 2.09 bits per heavy atom. The maximum atomic E-state index is 11.4. The van der Waals surface area contributed by atoms with Crippen LogP contribution in [0.15, 0.2) is 36.7 Å². The van der Waals surface area contributed by atoms with Crippen LogP contribution >= 0.6 is 0 Å². The highest BCUT2D eigenvalue weighted by atomic mass is 16.5. The summed E-state index contributed by atoms with van der Waals surface area (Å²) >= 11 is 0. The number of carbonyl (C=O) groups excluding carboxylic acids is 1. The van der Waals surface area contributed by atoms with E-state index >= 15 is 0 Å². The molecule has 0 saturated carbocycles. The van der Waals surface area contributed by atoms with Crippen LogP contribution in [-0.2, 0) is 9.53 Å². The molecule has 1 aromatic heterocycles.